The van der Waals surface area contributed by atoms with Gasteiger partial charge in [-0.2, -0.15) is 0 Å². The lowest BCUT2D eigenvalue weighted by Gasteiger charge is -2.14. The predicted molar refractivity (Wildman–Crippen MR) is 208 cm³/mol. The molecule has 0 bridgehead atoms. The minimum atomic E-state index is 0.642. The molecule has 5 heteroatoms. The van der Waals surface area contributed by atoms with E-state index in [0.717, 1.165) is 94.6 Å². The minimum absolute atomic E-state index is 0.642. The van der Waals surface area contributed by atoms with Gasteiger partial charge in [0.2, 0.25) is 0 Å². The molecular weight excluding hydrogens is 627 g/mol. The first kappa shape index (κ1) is 30.2. The zero-order chi connectivity index (χ0) is 34.3. The second kappa shape index (κ2) is 12.6. The predicted octanol–water partition coefficient (Wildman–Crippen LogP) is 12.4. The Labute approximate surface area is 294 Å². The van der Waals surface area contributed by atoms with Crippen LogP contribution in [0.4, 0.5) is 0 Å². The van der Waals surface area contributed by atoms with Crippen molar-refractivity contribution in [2.75, 3.05) is 0 Å². The van der Waals surface area contributed by atoms with Gasteiger partial charge >= 0.3 is 0 Å². The lowest BCUT2D eigenvalue weighted by Crippen LogP contribution is -1.97. The van der Waals surface area contributed by atoms with Gasteiger partial charge in [0.15, 0.2) is 5.82 Å². The van der Waals surface area contributed by atoms with E-state index in [-0.39, 0.29) is 0 Å². The average Bonchev–Trinajstić information content (AvgIpc) is 3.74. The van der Waals surface area contributed by atoms with Crippen molar-refractivity contribution in [3.63, 3.8) is 0 Å². The number of allylic oxidation sites excluding steroid dienone is 2. The number of benzene rings is 5. The third-order valence-electron chi connectivity index (χ3n) is 9.42. The summed E-state index contributed by atoms with van der Waals surface area (Å²) in [4.78, 5) is 14.6. The van der Waals surface area contributed by atoms with Gasteiger partial charge in [-0.05, 0) is 77.7 Å². The SMILES string of the molecule is C=C/C=C\c1oc2ccc(-c3ccc(-c4cc(-c5ccccc5-c5ccncc5)nc(-c5ccccc5)n4)c4oc5ccccc5c34)cc2c1C. The van der Waals surface area contributed by atoms with Crippen molar-refractivity contribution < 1.29 is 8.83 Å². The van der Waals surface area contributed by atoms with Crippen LogP contribution >= 0.6 is 0 Å². The van der Waals surface area contributed by atoms with Crippen LogP contribution in [-0.2, 0) is 0 Å². The van der Waals surface area contributed by atoms with Crippen LogP contribution in [0.5, 0.6) is 0 Å². The second-order valence-corrected chi connectivity index (χ2v) is 12.5. The van der Waals surface area contributed by atoms with E-state index in [4.69, 9.17) is 18.8 Å². The molecule has 5 aromatic carbocycles. The van der Waals surface area contributed by atoms with Gasteiger partial charge in [0.1, 0.15) is 22.5 Å². The van der Waals surface area contributed by atoms with Crippen LogP contribution in [0.25, 0.3) is 95.1 Å². The van der Waals surface area contributed by atoms with Crippen molar-refractivity contribution in [3.05, 3.63) is 170 Å². The van der Waals surface area contributed by atoms with Gasteiger partial charge < -0.3 is 8.83 Å². The molecule has 0 spiro atoms. The van der Waals surface area contributed by atoms with Crippen LogP contribution in [0.2, 0.25) is 0 Å². The first-order chi connectivity index (χ1) is 25.2. The van der Waals surface area contributed by atoms with Crippen LogP contribution in [-0.4, -0.2) is 15.0 Å². The van der Waals surface area contributed by atoms with Gasteiger partial charge in [0.05, 0.1) is 11.4 Å². The molecule has 0 aliphatic carbocycles. The highest BCUT2D eigenvalue weighted by Crippen LogP contribution is 2.43. The van der Waals surface area contributed by atoms with Gasteiger partial charge in [0, 0.05) is 50.8 Å². The van der Waals surface area contributed by atoms with Crippen LogP contribution in [0.3, 0.4) is 0 Å². The monoisotopic (exact) mass is 657 g/mol. The highest BCUT2D eigenvalue weighted by atomic mass is 16.3. The number of furan rings is 2. The number of aromatic nitrogens is 3. The Hall–Kier alpha value is -6.85. The molecule has 0 saturated carbocycles. The summed E-state index contributed by atoms with van der Waals surface area (Å²) in [5, 5.41) is 3.15. The number of nitrogens with zero attached hydrogens (tertiary/aromatic N) is 3. The van der Waals surface area contributed by atoms with Crippen molar-refractivity contribution in [2.24, 2.45) is 0 Å². The number of para-hydroxylation sites is 1. The topological polar surface area (TPSA) is 65.0 Å². The van der Waals surface area contributed by atoms with Gasteiger partial charge in [-0.3, -0.25) is 4.98 Å². The first-order valence-electron chi connectivity index (χ1n) is 16.9. The quantitative estimate of drug-likeness (QED) is 0.160. The third kappa shape index (κ3) is 5.32. The Morgan fingerprint density at radius 2 is 1.27 bits per heavy atom. The lowest BCUT2D eigenvalue weighted by atomic mass is 9.94. The largest absolute Gasteiger partial charge is 0.456 e. The molecule has 0 N–H and O–H groups in total. The van der Waals surface area contributed by atoms with Gasteiger partial charge in [-0.1, -0.05) is 104 Å². The molecule has 5 nitrogen and oxygen atoms in total. The van der Waals surface area contributed by atoms with Crippen LogP contribution in [0.1, 0.15) is 11.3 Å². The van der Waals surface area contributed by atoms with Gasteiger partial charge in [-0.15, -0.1) is 0 Å². The molecule has 51 heavy (non-hydrogen) atoms. The van der Waals surface area contributed by atoms with E-state index < -0.39 is 0 Å². The summed E-state index contributed by atoms with van der Waals surface area (Å²) in [5.41, 5.74) is 12.3. The van der Waals surface area contributed by atoms with Crippen molar-refractivity contribution in [3.8, 4) is 56.2 Å². The molecule has 9 aromatic rings. The summed E-state index contributed by atoms with van der Waals surface area (Å²) in [7, 11) is 0. The molecule has 0 saturated heterocycles. The van der Waals surface area contributed by atoms with Gasteiger partial charge in [-0.25, -0.2) is 9.97 Å². The molecule has 0 amide bonds. The van der Waals surface area contributed by atoms with E-state index in [1.165, 1.54) is 0 Å². The molecule has 0 unspecified atom stereocenters. The maximum atomic E-state index is 6.74. The number of aryl methyl sites for hydroxylation is 1. The zero-order valence-corrected chi connectivity index (χ0v) is 27.9. The fraction of sp³-hybridized carbons (Fsp3) is 0.0217. The minimum Gasteiger partial charge on any atom is -0.456 e. The van der Waals surface area contributed by atoms with Crippen molar-refractivity contribution >= 4 is 39.0 Å². The zero-order valence-electron chi connectivity index (χ0n) is 27.9. The summed E-state index contributed by atoms with van der Waals surface area (Å²) in [5.74, 6) is 1.47. The number of hydrogen-bond acceptors (Lipinski definition) is 5. The lowest BCUT2D eigenvalue weighted by molar-refractivity contribution is 0.601. The molecule has 0 aliphatic rings. The molecule has 0 atom stereocenters. The maximum Gasteiger partial charge on any atom is 0.160 e. The van der Waals surface area contributed by atoms with Crippen molar-refractivity contribution in [1.82, 2.24) is 15.0 Å². The standard InChI is InChI=1S/C46H31N3O2/c1-3-4-17-41-29(2)38-27-32(19-22-43(38)50-41)34-20-21-36(45-44(34)37-16-10-11-18-42(37)51-45)40-28-39(48-46(49-40)31-12-6-5-7-13-31)35-15-9-8-14-33(35)30-23-25-47-26-24-30/h3-28H,1H2,2H3/b17-4-. The van der Waals surface area contributed by atoms with E-state index in [1.54, 1.807) is 6.08 Å². The fourth-order valence-electron chi connectivity index (χ4n) is 6.92. The summed E-state index contributed by atoms with van der Waals surface area (Å²) in [6.45, 7) is 5.89. The Bertz CT molecular complexity index is 2770. The number of pyridine rings is 1. The molecular formula is C46H31N3O2. The van der Waals surface area contributed by atoms with Crippen LogP contribution in [0, 0.1) is 6.92 Å². The van der Waals surface area contributed by atoms with E-state index >= 15 is 0 Å². The molecule has 0 aliphatic heterocycles. The fourth-order valence-corrected chi connectivity index (χ4v) is 6.92. The highest BCUT2D eigenvalue weighted by Gasteiger charge is 2.21. The summed E-state index contributed by atoms with van der Waals surface area (Å²) < 4.78 is 12.9. The molecule has 0 fully saturated rings. The Morgan fingerprint density at radius 1 is 0.569 bits per heavy atom. The maximum absolute atomic E-state index is 6.74. The van der Waals surface area contributed by atoms with Crippen LogP contribution in [0.15, 0.2) is 167 Å². The summed E-state index contributed by atoms with van der Waals surface area (Å²) in [6.07, 6.45) is 9.23. The van der Waals surface area contributed by atoms with E-state index in [9.17, 15) is 0 Å². The Morgan fingerprint density at radius 3 is 2.10 bits per heavy atom. The first-order valence-corrected chi connectivity index (χ1v) is 16.9. The molecule has 4 aromatic heterocycles. The van der Waals surface area contributed by atoms with Gasteiger partial charge in [0.25, 0.3) is 0 Å². The highest BCUT2D eigenvalue weighted by molar-refractivity contribution is 6.16. The van der Waals surface area contributed by atoms with E-state index in [1.807, 2.05) is 91.3 Å². The van der Waals surface area contributed by atoms with E-state index in [0.29, 0.717) is 5.82 Å². The normalized spacial score (nSPS) is 11.6. The summed E-state index contributed by atoms with van der Waals surface area (Å²) >= 11 is 0. The Kier molecular flexibility index (Phi) is 7.44. The van der Waals surface area contributed by atoms with Crippen LogP contribution < -0.4 is 0 Å². The van der Waals surface area contributed by atoms with E-state index in [2.05, 4.69) is 79.2 Å². The second-order valence-electron chi connectivity index (χ2n) is 12.5. The molecule has 0 radical (unpaired) electrons. The van der Waals surface area contributed by atoms with Crippen molar-refractivity contribution in [1.29, 1.82) is 0 Å². The Balaban J connectivity index is 1.28. The number of fused-ring (bicyclic) bond motifs is 4. The smallest absolute Gasteiger partial charge is 0.160 e. The molecule has 9 rings (SSSR count). The van der Waals surface area contributed by atoms with Crippen molar-refractivity contribution in [2.45, 2.75) is 6.92 Å². The average molecular weight is 658 g/mol. The molecule has 4 heterocycles. The summed E-state index contributed by atoms with van der Waals surface area (Å²) in [6, 6.07) is 43.5. The third-order valence-corrected chi connectivity index (χ3v) is 9.42. The number of rotatable bonds is 7. The number of hydrogen-bond donors (Lipinski definition) is 0. The molecule has 242 valence electrons.